The highest BCUT2D eigenvalue weighted by Crippen LogP contribution is 2.37. The Hall–Kier alpha value is -2.34. The number of esters is 1. The Morgan fingerprint density at radius 1 is 1.36 bits per heavy atom. The van der Waals surface area contributed by atoms with Gasteiger partial charge in [0.05, 0.1) is 23.7 Å². The fraction of sp³-hybridized carbons (Fsp3) is 0.381. The minimum absolute atomic E-state index is 0.0513. The third-order valence-electron chi connectivity index (χ3n) is 5.33. The second kappa shape index (κ2) is 9.88. The maximum absolute atomic E-state index is 13.7. The van der Waals surface area contributed by atoms with Gasteiger partial charge in [0.15, 0.2) is 20.7 Å². The van der Waals surface area contributed by atoms with E-state index < -0.39 is 27.7 Å². The van der Waals surface area contributed by atoms with Gasteiger partial charge in [-0.05, 0) is 19.1 Å². The van der Waals surface area contributed by atoms with E-state index in [0.29, 0.717) is 35.2 Å². The number of sulfone groups is 1. The zero-order valence-electron chi connectivity index (χ0n) is 17.8. The lowest BCUT2D eigenvalue weighted by Crippen LogP contribution is -2.45. The average Bonchev–Trinajstić information content (AvgIpc) is 3.30. The monoisotopic (exact) mass is 512 g/mol. The van der Waals surface area contributed by atoms with E-state index in [0.717, 1.165) is 0 Å². The second-order valence-electron chi connectivity index (χ2n) is 7.55. The molecule has 2 aromatic rings. The van der Waals surface area contributed by atoms with Crippen LogP contribution in [-0.4, -0.2) is 67.9 Å². The van der Waals surface area contributed by atoms with E-state index in [1.165, 1.54) is 29.5 Å². The quantitative estimate of drug-likeness (QED) is 0.593. The van der Waals surface area contributed by atoms with Gasteiger partial charge in [0.1, 0.15) is 11.9 Å². The summed E-state index contributed by atoms with van der Waals surface area (Å²) in [5.41, 5.74) is 1.23. The van der Waals surface area contributed by atoms with Gasteiger partial charge in [-0.2, -0.15) is 0 Å². The highest BCUT2D eigenvalue weighted by molar-refractivity contribution is 7.91. The summed E-state index contributed by atoms with van der Waals surface area (Å²) < 4.78 is 42.8. The van der Waals surface area contributed by atoms with Gasteiger partial charge < -0.3 is 10.1 Å². The van der Waals surface area contributed by atoms with Crippen molar-refractivity contribution < 1.29 is 22.3 Å². The lowest BCUT2D eigenvalue weighted by molar-refractivity contribution is -0.139. The predicted octanol–water partition coefficient (Wildman–Crippen LogP) is 2.57. The third-order valence-corrected chi connectivity index (χ3v) is 8.05. The first-order chi connectivity index (χ1) is 15.8. The molecule has 1 atom stereocenters. The maximum atomic E-state index is 13.7. The lowest BCUT2D eigenvalue weighted by atomic mass is 9.95. The van der Waals surface area contributed by atoms with Crippen LogP contribution in [0.15, 0.2) is 46.0 Å². The van der Waals surface area contributed by atoms with Crippen molar-refractivity contribution in [3.05, 3.63) is 62.5 Å². The first-order valence-electron chi connectivity index (χ1n) is 10.3. The minimum atomic E-state index is -3.06. The summed E-state index contributed by atoms with van der Waals surface area (Å²) in [5, 5.41) is 5.76. The number of aromatic nitrogens is 1. The number of aliphatic imine (C=N–C) groups is 1. The highest BCUT2D eigenvalue weighted by Gasteiger charge is 2.35. The Morgan fingerprint density at radius 2 is 2.12 bits per heavy atom. The number of benzene rings is 1. The molecule has 1 saturated heterocycles. The largest absolute Gasteiger partial charge is 0.463 e. The molecule has 0 amide bonds. The number of carbonyl (C=O) groups is 1. The van der Waals surface area contributed by atoms with Gasteiger partial charge in [-0.15, -0.1) is 11.3 Å². The molecule has 1 unspecified atom stereocenters. The summed E-state index contributed by atoms with van der Waals surface area (Å²) in [5.74, 6) is -0.524. The number of halogens is 2. The number of carbonyl (C=O) groups excluding carboxylic acids is 1. The summed E-state index contributed by atoms with van der Waals surface area (Å²) in [6.07, 6.45) is 1.64. The molecular formula is C21H22ClFN4O4S2. The molecule has 1 N–H and O–H groups in total. The lowest BCUT2D eigenvalue weighted by Gasteiger charge is -2.32. The molecule has 0 bridgehead atoms. The van der Waals surface area contributed by atoms with Crippen LogP contribution >= 0.6 is 22.9 Å². The summed E-state index contributed by atoms with van der Waals surface area (Å²) >= 11 is 7.73. The van der Waals surface area contributed by atoms with Crippen LogP contribution in [0.2, 0.25) is 5.02 Å². The molecule has 8 nitrogen and oxygen atoms in total. The number of hydrogen-bond acceptors (Lipinski definition) is 9. The number of hydrogen-bond donors (Lipinski definition) is 1. The number of nitrogens with zero attached hydrogens (tertiary/aromatic N) is 3. The summed E-state index contributed by atoms with van der Waals surface area (Å²) in [4.78, 5) is 24.1. The van der Waals surface area contributed by atoms with E-state index in [1.807, 2.05) is 4.90 Å². The smallest absolute Gasteiger partial charge is 0.338 e. The molecule has 3 heterocycles. The zero-order chi connectivity index (χ0) is 23.6. The molecule has 1 aromatic heterocycles. The normalized spacial score (nSPS) is 20.8. The predicted molar refractivity (Wildman–Crippen MR) is 125 cm³/mol. The number of amidine groups is 1. The van der Waals surface area contributed by atoms with Crippen LogP contribution in [-0.2, 0) is 19.4 Å². The standard InChI is InChI=1S/C21H22ClFN4O4S2/c1-2-31-21(28)17-16(12-27-6-9-33(29,30)10-7-27)25-19(20-24-5-8-32-20)26-18(17)14-4-3-13(23)11-15(14)22/h3-5,8,11,18H,2,6-7,9-10,12H2,1H3,(H,25,26). The molecule has 33 heavy (non-hydrogen) atoms. The third kappa shape index (κ3) is 5.43. The van der Waals surface area contributed by atoms with Crippen molar-refractivity contribution in [2.24, 2.45) is 4.99 Å². The Morgan fingerprint density at radius 3 is 2.76 bits per heavy atom. The van der Waals surface area contributed by atoms with Crippen LogP contribution in [0.1, 0.15) is 23.5 Å². The van der Waals surface area contributed by atoms with Gasteiger partial charge in [-0.25, -0.2) is 22.6 Å². The van der Waals surface area contributed by atoms with Crippen LogP contribution in [0.5, 0.6) is 0 Å². The molecule has 12 heteroatoms. The minimum Gasteiger partial charge on any atom is -0.463 e. The highest BCUT2D eigenvalue weighted by atomic mass is 35.5. The van der Waals surface area contributed by atoms with Crippen molar-refractivity contribution in [2.75, 3.05) is 37.7 Å². The zero-order valence-corrected chi connectivity index (χ0v) is 20.1. The van der Waals surface area contributed by atoms with Gasteiger partial charge >= 0.3 is 5.97 Å². The first-order valence-corrected chi connectivity index (χ1v) is 13.4. The van der Waals surface area contributed by atoms with Crippen molar-refractivity contribution in [1.82, 2.24) is 15.2 Å². The molecule has 4 rings (SSSR count). The Kier molecular flexibility index (Phi) is 7.13. The van der Waals surface area contributed by atoms with Gasteiger partial charge in [0.25, 0.3) is 0 Å². The van der Waals surface area contributed by atoms with Gasteiger partial charge in [-0.1, -0.05) is 17.7 Å². The summed E-state index contributed by atoms with van der Waals surface area (Å²) in [6.45, 7) is 2.83. The van der Waals surface area contributed by atoms with Crippen molar-refractivity contribution in [2.45, 2.75) is 13.0 Å². The van der Waals surface area contributed by atoms with Crippen molar-refractivity contribution in [1.29, 1.82) is 0 Å². The first kappa shape index (κ1) is 23.8. The number of rotatable bonds is 6. The SMILES string of the molecule is CCOC(=O)C1=C(CN2CCS(=O)(=O)CC2)NC(c2nccs2)=NC1c1ccc(F)cc1Cl. The fourth-order valence-corrected chi connectivity index (χ4v) is 5.83. The summed E-state index contributed by atoms with van der Waals surface area (Å²) in [7, 11) is -3.06. The van der Waals surface area contributed by atoms with Gasteiger partial charge in [-0.3, -0.25) is 9.89 Å². The van der Waals surface area contributed by atoms with E-state index >= 15 is 0 Å². The average molecular weight is 513 g/mol. The van der Waals surface area contributed by atoms with Gasteiger partial charge in [0.2, 0.25) is 0 Å². The molecular weight excluding hydrogens is 491 g/mol. The van der Waals surface area contributed by atoms with Crippen LogP contribution in [0.25, 0.3) is 0 Å². The maximum Gasteiger partial charge on any atom is 0.338 e. The van der Waals surface area contributed by atoms with Crippen LogP contribution in [0.4, 0.5) is 4.39 Å². The molecule has 0 radical (unpaired) electrons. The molecule has 0 saturated carbocycles. The second-order valence-corrected chi connectivity index (χ2v) is 11.2. The van der Waals surface area contributed by atoms with Crippen LogP contribution in [0.3, 0.4) is 0 Å². The number of ether oxygens (including phenoxy) is 1. The van der Waals surface area contributed by atoms with E-state index in [2.05, 4.69) is 10.3 Å². The van der Waals surface area contributed by atoms with E-state index in [-0.39, 0.29) is 35.3 Å². The molecule has 0 spiro atoms. The molecule has 1 fully saturated rings. The Bertz CT molecular complexity index is 1200. The van der Waals surface area contributed by atoms with Crippen molar-refractivity contribution in [3.63, 3.8) is 0 Å². The molecule has 2 aliphatic rings. The topological polar surface area (TPSA) is 101 Å². The Balaban J connectivity index is 1.79. The molecule has 0 aliphatic carbocycles. The Labute approximate surface area is 200 Å². The van der Waals surface area contributed by atoms with E-state index in [4.69, 9.17) is 21.3 Å². The van der Waals surface area contributed by atoms with Gasteiger partial charge in [0, 0.05) is 47.5 Å². The molecule has 176 valence electrons. The molecule has 1 aromatic carbocycles. The number of thiazole rings is 1. The van der Waals surface area contributed by atoms with E-state index in [9.17, 15) is 17.6 Å². The summed E-state index contributed by atoms with van der Waals surface area (Å²) in [6, 6.07) is 3.09. The van der Waals surface area contributed by atoms with Crippen molar-refractivity contribution >= 4 is 44.6 Å². The molecule has 2 aliphatic heterocycles. The van der Waals surface area contributed by atoms with Crippen LogP contribution < -0.4 is 5.32 Å². The van der Waals surface area contributed by atoms with Crippen LogP contribution in [0, 0.1) is 5.82 Å². The number of nitrogens with one attached hydrogen (secondary N) is 1. The van der Waals surface area contributed by atoms with E-state index in [1.54, 1.807) is 18.5 Å². The van der Waals surface area contributed by atoms with Crippen molar-refractivity contribution in [3.8, 4) is 0 Å². The fourth-order valence-electron chi connectivity index (χ4n) is 3.70.